The van der Waals surface area contributed by atoms with Gasteiger partial charge in [0.25, 0.3) is 0 Å². The minimum atomic E-state index is 0.711. The molecule has 18 heteroatoms. The van der Waals surface area contributed by atoms with Crippen molar-refractivity contribution in [2.75, 3.05) is 0 Å². The Morgan fingerprint density at radius 1 is 0.164 bits per heavy atom. The van der Waals surface area contributed by atoms with Crippen LogP contribution in [-0.2, 0) is 0 Å². The number of pyridine rings is 3. The Balaban J connectivity index is -0.0000000432. The van der Waals surface area contributed by atoms with Gasteiger partial charge >= 0.3 is 0 Å². The number of rotatable bonds is 0. The molecule has 0 saturated carbocycles. The highest BCUT2D eigenvalue weighted by atomic mass is 15.1. The van der Waals surface area contributed by atoms with Crippen molar-refractivity contribution in [1.82, 2.24) is 90.4 Å². The molecule has 640 valence electrons. The van der Waals surface area contributed by atoms with E-state index in [0.29, 0.717) is 5.82 Å². The zero-order valence-corrected chi connectivity index (χ0v) is 81.5. The van der Waals surface area contributed by atoms with Crippen molar-refractivity contribution in [3.05, 3.63) is 254 Å². The molecule has 0 fully saturated rings. The largest absolute Gasteiger partial charge is 0.265 e. The van der Waals surface area contributed by atoms with Crippen LogP contribution in [0.25, 0.3) is 0 Å². The number of aryl methyl sites for hydroxylation is 10. The van der Waals surface area contributed by atoms with E-state index >= 15 is 0 Å². The van der Waals surface area contributed by atoms with Gasteiger partial charge in [0.2, 0.25) is 0 Å². The molecule has 0 aliphatic rings. The van der Waals surface area contributed by atoms with E-state index in [-0.39, 0.29) is 0 Å². The minimum Gasteiger partial charge on any atom is -0.265 e. The van der Waals surface area contributed by atoms with Crippen LogP contribution in [0, 0.1) is 69.2 Å². The van der Waals surface area contributed by atoms with Crippen molar-refractivity contribution in [1.29, 1.82) is 0 Å². The molecule has 0 aliphatic heterocycles. The maximum Gasteiger partial charge on any atom is 0.147 e. The first-order valence-electron chi connectivity index (χ1n) is 41.5. The molecule has 0 saturated heterocycles. The van der Waals surface area contributed by atoms with Gasteiger partial charge in [-0.1, -0.05) is 289 Å². The quantitative estimate of drug-likeness (QED) is 0.137. The molecule has 0 bridgehead atoms. The van der Waals surface area contributed by atoms with E-state index in [0.717, 1.165) is 39.7 Å². The summed E-state index contributed by atoms with van der Waals surface area (Å²) in [5.74, 6) is 1.53. The summed E-state index contributed by atoms with van der Waals surface area (Å²) in [5.41, 5.74) is 8.72. The first-order valence-corrected chi connectivity index (χ1v) is 41.5. The standard InChI is InChI=1S/3C6H7N.6C5H6N2.C4H5N3.20C2H6/c1-6-2-4-7-5-3-6;1-6-3-2-4-7-5-6;1-6-4-2-3-5-7-6;1-5-2-6-4-7-3-5;1-5-4-6-2-3-7-5;1-5-2-3-6-4-7-5;1-5-2-3-6-7-4-5;1-5-6-3-2-4-7-5;1-5-3-2-4-6-7-5;1-4-5-2-3-6-7-4;20*1-2/h3*2-5H,1H3;6*2-4H,1H3;2-3H,1H3;20*1-2H3. The average Bonchev–Trinajstić information content (AvgIpc) is 2.03. The number of nitrogens with zero attached hydrogens (tertiary/aromatic N) is 18. The fourth-order valence-corrected chi connectivity index (χ4v) is 3.85. The van der Waals surface area contributed by atoms with Crippen molar-refractivity contribution in [3.63, 3.8) is 0 Å². The molecular weight excluding hydrogens is 1360 g/mol. The lowest BCUT2D eigenvalue weighted by Crippen LogP contribution is -1.85. The van der Waals surface area contributed by atoms with Crippen molar-refractivity contribution < 1.29 is 0 Å². The van der Waals surface area contributed by atoms with Gasteiger partial charge in [0.05, 0.1) is 23.8 Å². The van der Waals surface area contributed by atoms with Gasteiger partial charge in [-0.3, -0.25) is 24.9 Å². The predicted molar refractivity (Wildman–Crippen MR) is 499 cm³/mol. The van der Waals surface area contributed by atoms with E-state index in [9.17, 15) is 0 Å². The Morgan fingerprint density at radius 2 is 0.536 bits per heavy atom. The highest BCUT2D eigenvalue weighted by Gasteiger charge is 1.80. The molecule has 0 unspecified atom stereocenters. The fraction of sp³-hybridized carbons (Fsp3) is 0.543. The van der Waals surface area contributed by atoms with Crippen molar-refractivity contribution in [2.24, 2.45) is 0 Å². The molecule has 0 N–H and O–H groups in total. The SMILES string of the molecule is CC.CC.CC.CC.CC.CC.CC.CC.CC.CC.CC.CC.CC.CC.CC.CC.CC.CC.CC.CC.Cc1ccccn1.Cc1cccnc1.Cc1cccnn1.Cc1ccncc1.Cc1ccncn1.Cc1ccnnc1.Cc1cnccn1.Cc1cncnc1.Cc1ncccn1.Cc1nccnn1. The van der Waals surface area contributed by atoms with Crippen LogP contribution in [0.1, 0.15) is 334 Å². The highest BCUT2D eigenvalue weighted by molar-refractivity contribution is 5.06. The molecule has 10 rings (SSSR count). The maximum atomic E-state index is 3.98. The highest BCUT2D eigenvalue weighted by Crippen LogP contribution is 1.91. The topological polar surface area (TPSA) is 232 Å². The fourth-order valence-electron chi connectivity index (χ4n) is 3.85. The van der Waals surface area contributed by atoms with Crippen LogP contribution in [0.5, 0.6) is 0 Å². The molecule has 0 aliphatic carbocycles. The maximum absolute atomic E-state index is 3.98. The molecule has 0 aromatic carbocycles. The van der Waals surface area contributed by atoms with Gasteiger partial charge in [-0.05, 0) is 152 Å². The Labute approximate surface area is 686 Å². The number of hydrogen-bond donors (Lipinski definition) is 0. The molecular formula is C92H182N18. The van der Waals surface area contributed by atoms with E-state index in [2.05, 4.69) is 90.4 Å². The molecule has 10 aromatic heterocycles. The molecule has 18 nitrogen and oxygen atoms in total. The Morgan fingerprint density at radius 3 is 0.718 bits per heavy atom. The van der Waals surface area contributed by atoms with E-state index in [1.54, 1.807) is 118 Å². The van der Waals surface area contributed by atoms with E-state index in [4.69, 9.17) is 0 Å². The molecule has 0 spiro atoms. The average molecular weight is 1540 g/mol. The van der Waals surface area contributed by atoms with Gasteiger partial charge < -0.3 is 0 Å². The lowest BCUT2D eigenvalue weighted by molar-refractivity contribution is 0.907. The van der Waals surface area contributed by atoms with Crippen LogP contribution < -0.4 is 0 Å². The molecule has 10 aromatic rings. The first kappa shape index (κ1) is 154. The summed E-state index contributed by atoms with van der Waals surface area (Å²) in [7, 11) is 0. The smallest absolute Gasteiger partial charge is 0.147 e. The third-order valence-corrected chi connectivity index (χ3v) is 7.31. The van der Waals surface area contributed by atoms with Crippen LogP contribution in [0.4, 0.5) is 0 Å². The summed E-state index contributed by atoms with van der Waals surface area (Å²) in [4.78, 5) is 46.1. The lowest BCUT2D eigenvalue weighted by Gasteiger charge is -1.82. The molecule has 110 heavy (non-hydrogen) atoms. The van der Waals surface area contributed by atoms with Gasteiger partial charge in [-0.2, -0.15) is 25.5 Å². The van der Waals surface area contributed by atoms with Gasteiger partial charge in [0.15, 0.2) is 0 Å². The van der Waals surface area contributed by atoms with E-state index in [1.165, 1.54) is 23.8 Å². The minimum absolute atomic E-state index is 0.711. The molecule has 0 atom stereocenters. The first-order chi connectivity index (χ1) is 53.9. The normalized spacial score (nSPS) is 6.64. The number of hydrogen-bond acceptors (Lipinski definition) is 18. The van der Waals surface area contributed by atoms with Crippen LogP contribution in [0.3, 0.4) is 0 Å². The predicted octanol–water partition coefficient (Wildman–Crippen LogP) is 29.6. The van der Waals surface area contributed by atoms with Gasteiger partial charge in [-0.25, -0.2) is 34.9 Å². The second kappa shape index (κ2) is 194. The van der Waals surface area contributed by atoms with E-state index < -0.39 is 0 Å². The Kier molecular flexibility index (Phi) is 272. The van der Waals surface area contributed by atoms with Crippen LogP contribution in [-0.4, -0.2) is 90.4 Å². The summed E-state index contributed by atoms with van der Waals surface area (Å²) in [5, 5.41) is 21.8. The Bertz CT molecular complexity index is 1990. The van der Waals surface area contributed by atoms with Crippen molar-refractivity contribution >= 4 is 0 Å². The summed E-state index contributed by atoms with van der Waals surface area (Å²) in [6, 6.07) is 23.1. The molecule has 0 radical (unpaired) electrons. The summed E-state index contributed by atoms with van der Waals surface area (Å²) in [6.07, 6.45) is 34.0. The van der Waals surface area contributed by atoms with E-state index in [1.807, 2.05) is 412 Å². The second-order valence-electron chi connectivity index (χ2n) is 13.9. The molecule has 0 amide bonds. The summed E-state index contributed by atoms with van der Waals surface area (Å²) in [6.45, 7) is 99.4. The monoisotopic (exact) mass is 1540 g/mol. The van der Waals surface area contributed by atoms with Gasteiger partial charge in [0, 0.05) is 111 Å². The third-order valence-electron chi connectivity index (χ3n) is 7.31. The third kappa shape index (κ3) is 189. The van der Waals surface area contributed by atoms with Gasteiger partial charge in [0.1, 0.15) is 24.3 Å². The number of aromatic nitrogens is 18. The summed E-state index contributed by atoms with van der Waals surface area (Å²) >= 11 is 0. The lowest BCUT2D eigenvalue weighted by atomic mass is 10.3. The van der Waals surface area contributed by atoms with Crippen LogP contribution in [0.15, 0.2) is 197 Å². The van der Waals surface area contributed by atoms with Crippen molar-refractivity contribution in [2.45, 2.75) is 346 Å². The van der Waals surface area contributed by atoms with Crippen LogP contribution in [0.2, 0.25) is 0 Å². The zero-order valence-electron chi connectivity index (χ0n) is 81.5. The van der Waals surface area contributed by atoms with Gasteiger partial charge in [-0.15, -0.1) is 5.10 Å². The molecule has 10 heterocycles. The Hall–Kier alpha value is -9.06. The van der Waals surface area contributed by atoms with Crippen LogP contribution >= 0.6 is 0 Å². The van der Waals surface area contributed by atoms with Crippen molar-refractivity contribution in [3.8, 4) is 0 Å². The zero-order chi connectivity index (χ0) is 91.1. The second-order valence-corrected chi connectivity index (χ2v) is 13.9. The summed E-state index contributed by atoms with van der Waals surface area (Å²) < 4.78 is 0.